The molecule has 0 aromatic carbocycles. The van der Waals surface area contributed by atoms with Crippen molar-refractivity contribution in [3.05, 3.63) is 0 Å². The molecule has 0 spiro atoms. The number of hydrogen-bond acceptors (Lipinski definition) is 3. The molecule has 0 heterocycles. The van der Waals surface area contributed by atoms with E-state index >= 15 is 0 Å². The van der Waals surface area contributed by atoms with Gasteiger partial charge in [-0.1, -0.05) is 6.92 Å². The first-order valence-electron chi connectivity index (χ1n) is 5.96. The van der Waals surface area contributed by atoms with Crippen LogP contribution >= 0.6 is 0 Å². The summed E-state index contributed by atoms with van der Waals surface area (Å²) in [5, 5.41) is 8.96. The van der Waals surface area contributed by atoms with Gasteiger partial charge in [0.1, 0.15) is 5.54 Å². The van der Waals surface area contributed by atoms with Crippen LogP contribution in [0.15, 0.2) is 0 Å². The van der Waals surface area contributed by atoms with Gasteiger partial charge in [0.25, 0.3) is 0 Å². The fourth-order valence-corrected chi connectivity index (χ4v) is 2.06. The summed E-state index contributed by atoms with van der Waals surface area (Å²) < 4.78 is 0. The highest BCUT2D eigenvalue weighted by Gasteiger charge is 2.36. The molecule has 0 bridgehead atoms. The van der Waals surface area contributed by atoms with Crippen molar-refractivity contribution >= 4 is 5.97 Å². The van der Waals surface area contributed by atoms with Gasteiger partial charge in [0.15, 0.2) is 0 Å². The molecule has 1 aliphatic rings. The van der Waals surface area contributed by atoms with Crippen molar-refractivity contribution < 1.29 is 9.90 Å². The van der Waals surface area contributed by atoms with Gasteiger partial charge < -0.3 is 15.7 Å². The largest absolute Gasteiger partial charge is 0.480 e. The third-order valence-corrected chi connectivity index (χ3v) is 3.76. The van der Waals surface area contributed by atoms with Crippen LogP contribution in [0.1, 0.15) is 33.6 Å². The third kappa shape index (κ3) is 3.46. The lowest BCUT2D eigenvalue weighted by Gasteiger charge is -2.30. The van der Waals surface area contributed by atoms with E-state index in [0.717, 1.165) is 18.4 Å². The van der Waals surface area contributed by atoms with E-state index in [9.17, 15) is 4.79 Å². The van der Waals surface area contributed by atoms with Crippen molar-refractivity contribution in [2.24, 2.45) is 17.6 Å². The van der Waals surface area contributed by atoms with E-state index in [1.807, 2.05) is 14.0 Å². The number of nitrogens with two attached hydrogens (primary N) is 1. The maximum Gasteiger partial charge on any atom is 0.323 e. The Morgan fingerprint density at radius 1 is 1.69 bits per heavy atom. The maximum absolute atomic E-state index is 10.9. The molecule has 1 saturated carbocycles. The number of carboxylic acid groups (broad SMARTS) is 1. The van der Waals surface area contributed by atoms with Crippen molar-refractivity contribution in [3.8, 4) is 0 Å². The zero-order chi connectivity index (χ0) is 12.5. The SMILES string of the molecule is CC1CC1CN(C)C(C)CC(C)(N)C(=O)O. The number of nitrogens with zero attached hydrogens (tertiary/aromatic N) is 1. The summed E-state index contributed by atoms with van der Waals surface area (Å²) in [7, 11) is 2.05. The zero-order valence-electron chi connectivity index (χ0n) is 10.7. The Hall–Kier alpha value is -0.610. The standard InChI is InChI=1S/C12H24N2O2/c1-8-5-10(8)7-14(4)9(2)6-12(3,13)11(15)16/h8-10H,5-7,13H2,1-4H3,(H,15,16). The molecule has 4 atom stereocenters. The van der Waals surface area contributed by atoms with Gasteiger partial charge in [-0.05, 0) is 45.6 Å². The van der Waals surface area contributed by atoms with Crippen LogP contribution < -0.4 is 5.73 Å². The van der Waals surface area contributed by atoms with Crippen molar-refractivity contribution in [1.29, 1.82) is 0 Å². The number of carboxylic acids is 1. The minimum atomic E-state index is -1.12. The summed E-state index contributed by atoms with van der Waals surface area (Å²) >= 11 is 0. The third-order valence-electron chi connectivity index (χ3n) is 3.76. The summed E-state index contributed by atoms with van der Waals surface area (Å²) in [5.74, 6) is 0.701. The van der Waals surface area contributed by atoms with Crippen LogP contribution in [-0.2, 0) is 4.79 Å². The van der Waals surface area contributed by atoms with E-state index in [0.29, 0.717) is 6.42 Å². The van der Waals surface area contributed by atoms with Gasteiger partial charge in [-0.3, -0.25) is 4.79 Å². The highest BCUT2D eigenvalue weighted by atomic mass is 16.4. The Kier molecular flexibility index (Phi) is 3.97. The van der Waals surface area contributed by atoms with Gasteiger partial charge in [0, 0.05) is 12.6 Å². The van der Waals surface area contributed by atoms with E-state index in [-0.39, 0.29) is 6.04 Å². The predicted molar refractivity (Wildman–Crippen MR) is 64.2 cm³/mol. The van der Waals surface area contributed by atoms with Crippen LogP contribution in [0.3, 0.4) is 0 Å². The normalized spacial score (nSPS) is 29.9. The highest BCUT2D eigenvalue weighted by molar-refractivity contribution is 5.77. The molecule has 0 amide bonds. The molecule has 4 unspecified atom stereocenters. The number of aliphatic carboxylic acids is 1. The molecule has 4 heteroatoms. The minimum absolute atomic E-state index is 0.207. The van der Waals surface area contributed by atoms with Gasteiger partial charge in [-0.15, -0.1) is 0 Å². The monoisotopic (exact) mass is 228 g/mol. The van der Waals surface area contributed by atoms with Gasteiger partial charge in [0.2, 0.25) is 0 Å². The fraction of sp³-hybridized carbons (Fsp3) is 0.917. The van der Waals surface area contributed by atoms with Crippen LogP contribution in [0.2, 0.25) is 0 Å². The number of rotatable bonds is 6. The second-order valence-corrected chi connectivity index (χ2v) is 5.69. The number of hydrogen-bond donors (Lipinski definition) is 2. The Morgan fingerprint density at radius 3 is 2.56 bits per heavy atom. The highest BCUT2D eigenvalue weighted by Crippen LogP contribution is 2.38. The molecule has 4 nitrogen and oxygen atoms in total. The second-order valence-electron chi connectivity index (χ2n) is 5.69. The zero-order valence-corrected chi connectivity index (χ0v) is 10.7. The Labute approximate surface area is 97.8 Å². The smallest absolute Gasteiger partial charge is 0.323 e. The predicted octanol–water partition coefficient (Wildman–Crippen LogP) is 1.15. The van der Waals surface area contributed by atoms with E-state index in [2.05, 4.69) is 11.8 Å². The van der Waals surface area contributed by atoms with Crippen LogP contribution in [0.5, 0.6) is 0 Å². The number of carbonyl (C=O) groups is 1. The summed E-state index contributed by atoms with van der Waals surface area (Å²) in [5.41, 5.74) is 4.62. The molecule has 0 aromatic rings. The first-order chi connectivity index (χ1) is 7.24. The van der Waals surface area contributed by atoms with E-state index in [1.54, 1.807) is 6.92 Å². The molecule has 1 aliphatic carbocycles. The lowest BCUT2D eigenvalue weighted by Crippen LogP contribution is -2.49. The molecule has 1 fully saturated rings. The molecule has 0 aliphatic heterocycles. The first-order valence-corrected chi connectivity index (χ1v) is 5.96. The quantitative estimate of drug-likeness (QED) is 0.716. The summed E-state index contributed by atoms with van der Waals surface area (Å²) in [6, 6.07) is 0.207. The van der Waals surface area contributed by atoms with Crippen molar-refractivity contribution in [2.75, 3.05) is 13.6 Å². The van der Waals surface area contributed by atoms with Gasteiger partial charge in [-0.2, -0.15) is 0 Å². The van der Waals surface area contributed by atoms with Crippen molar-refractivity contribution in [2.45, 2.75) is 45.2 Å². The molecular formula is C12H24N2O2. The second kappa shape index (κ2) is 4.72. The van der Waals surface area contributed by atoms with Crippen molar-refractivity contribution in [1.82, 2.24) is 4.90 Å². The average molecular weight is 228 g/mol. The first kappa shape index (κ1) is 13.5. The summed E-state index contributed by atoms with van der Waals surface area (Å²) in [6.45, 7) is 6.94. The van der Waals surface area contributed by atoms with Crippen LogP contribution in [0.4, 0.5) is 0 Å². The van der Waals surface area contributed by atoms with E-state index in [4.69, 9.17) is 10.8 Å². The lowest BCUT2D eigenvalue weighted by atomic mass is 9.94. The molecule has 3 N–H and O–H groups in total. The molecule has 0 aromatic heterocycles. The fourth-order valence-electron chi connectivity index (χ4n) is 2.06. The topological polar surface area (TPSA) is 66.6 Å². The Morgan fingerprint density at radius 2 is 2.19 bits per heavy atom. The van der Waals surface area contributed by atoms with Gasteiger partial charge in [-0.25, -0.2) is 0 Å². The van der Waals surface area contributed by atoms with Crippen LogP contribution in [0.25, 0.3) is 0 Å². The van der Waals surface area contributed by atoms with Crippen LogP contribution in [0, 0.1) is 11.8 Å². The van der Waals surface area contributed by atoms with Crippen LogP contribution in [-0.4, -0.2) is 41.1 Å². The minimum Gasteiger partial charge on any atom is -0.480 e. The van der Waals surface area contributed by atoms with Gasteiger partial charge >= 0.3 is 5.97 Å². The Bertz CT molecular complexity index is 266. The molecule has 0 radical (unpaired) electrons. The van der Waals surface area contributed by atoms with Crippen molar-refractivity contribution in [3.63, 3.8) is 0 Å². The molecule has 0 saturated heterocycles. The molecule has 94 valence electrons. The molecular weight excluding hydrogens is 204 g/mol. The van der Waals surface area contributed by atoms with E-state index in [1.165, 1.54) is 6.42 Å². The molecule has 16 heavy (non-hydrogen) atoms. The maximum atomic E-state index is 10.9. The lowest BCUT2D eigenvalue weighted by molar-refractivity contribution is -0.143. The van der Waals surface area contributed by atoms with Gasteiger partial charge in [0.05, 0.1) is 0 Å². The summed E-state index contributed by atoms with van der Waals surface area (Å²) in [4.78, 5) is 13.1. The molecule has 1 rings (SSSR count). The summed E-state index contributed by atoms with van der Waals surface area (Å²) in [6.07, 6.45) is 1.79. The average Bonchev–Trinajstić information content (AvgIpc) is 2.80. The Balaban J connectivity index is 2.38. The van der Waals surface area contributed by atoms with E-state index < -0.39 is 11.5 Å².